The lowest BCUT2D eigenvalue weighted by Crippen LogP contribution is -2.44. The highest BCUT2D eigenvalue weighted by Crippen LogP contribution is 2.28. The Morgan fingerprint density at radius 1 is 1.47 bits per heavy atom. The van der Waals surface area contributed by atoms with Crippen molar-refractivity contribution >= 4 is 17.7 Å². The predicted octanol–water partition coefficient (Wildman–Crippen LogP) is 2.01. The fraction of sp³-hybridized carbons (Fsp3) is 0.923. The van der Waals surface area contributed by atoms with Gasteiger partial charge in [-0.05, 0) is 31.4 Å². The summed E-state index contributed by atoms with van der Waals surface area (Å²) in [6.45, 7) is 4.73. The first-order valence-corrected chi connectivity index (χ1v) is 7.90. The van der Waals surface area contributed by atoms with Crippen molar-refractivity contribution in [2.24, 2.45) is 17.6 Å². The van der Waals surface area contributed by atoms with E-state index in [-0.39, 0.29) is 11.8 Å². The van der Waals surface area contributed by atoms with Crippen LogP contribution in [-0.4, -0.2) is 30.0 Å². The molecule has 1 aliphatic rings. The largest absolute Gasteiger partial charge is 0.352 e. The van der Waals surface area contributed by atoms with Gasteiger partial charge in [0.1, 0.15) is 0 Å². The minimum Gasteiger partial charge on any atom is -0.352 e. The molecule has 4 heteroatoms. The van der Waals surface area contributed by atoms with Crippen molar-refractivity contribution in [1.29, 1.82) is 0 Å². The molecule has 1 amide bonds. The third kappa shape index (κ3) is 4.51. The molecule has 0 radical (unpaired) electrons. The van der Waals surface area contributed by atoms with Gasteiger partial charge in [-0.2, -0.15) is 11.8 Å². The van der Waals surface area contributed by atoms with E-state index in [0.29, 0.717) is 23.8 Å². The molecule has 1 aliphatic carbocycles. The molecular formula is C13H26N2OS. The van der Waals surface area contributed by atoms with Gasteiger partial charge in [-0.15, -0.1) is 0 Å². The van der Waals surface area contributed by atoms with Crippen molar-refractivity contribution in [3.05, 3.63) is 0 Å². The maximum absolute atomic E-state index is 12.1. The van der Waals surface area contributed by atoms with Gasteiger partial charge in [0.15, 0.2) is 0 Å². The molecule has 1 rings (SSSR count). The van der Waals surface area contributed by atoms with Gasteiger partial charge in [0.2, 0.25) is 5.91 Å². The molecule has 17 heavy (non-hydrogen) atoms. The predicted molar refractivity (Wildman–Crippen MR) is 75.1 cm³/mol. The van der Waals surface area contributed by atoms with Crippen molar-refractivity contribution in [2.45, 2.75) is 50.8 Å². The molecule has 100 valence electrons. The Hall–Kier alpha value is -0.220. The number of rotatable bonds is 6. The average Bonchev–Trinajstić information content (AvgIpc) is 2.72. The molecule has 3 nitrogen and oxygen atoms in total. The lowest BCUT2D eigenvalue weighted by atomic mass is 9.96. The Balaban J connectivity index is 2.46. The van der Waals surface area contributed by atoms with Crippen molar-refractivity contribution in [1.82, 2.24) is 5.32 Å². The summed E-state index contributed by atoms with van der Waals surface area (Å²) in [5, 5.41) is 3.79. The van der Waals surface area contributed by atoms with Gasteiger partial charge < -0.3 is 11.1 Å². The minimum atomic E-state index is -0.0156. The number of nitrogens with one attached hydrogen (secondary N) is 1. The topological polar surface area (TPSA) is 55.1 Å². The molecule has 0 heterocycles. The second kappa shape index (κ2) is 7.27. The van der Waals surface area contributed by atoms with Crippen LogP contribution in [0, 0.1) is 11.8 Å². The molecule has 1 saturated carbocycles. The molecule has 1 fully saturated rings. The first-order valence-electron chi connectivity index (χ1n) is 6.61. The summed E-state index contributed by atoms with van der Waals surface area (Å²) in [4.78, 5) is 12.1. The van der Waals surface area contributed by atoms with Crippen molar-refractivity contribution < 1.29 is 4.79 Å². The van der Waals surface area contributed by atoms with E-state index in [1.807, 2.05) is 11.8 Å². The molecule has 0 aromatic heterocycles. The highest BCUT2D eigenvalue weighted by atomic mass is 32.2. The summed E-state index contributed by atoms with van der Waals surface area (Å²) in [7, 11) is 0. The van der Waals surface area contributed by atoms with Crippen LogP contribution >= 0.6 is 11.8 Å². The molecule has 0 aliphatic heterocycles. The molecule has 0 spiro atoms. The van der Waals surface area contributed by atoms with Crippen LogP contribution < -0.4 is 11.1 Å². The SMILES string of the molecule is CSC1CCCC1NC(=O)C(CN)CC(C)C. The number of carbonyl (C=O) groups excluding carboxylic acids is 1. The Labute approximate surface area is 109 Å². The smallest absolute Gasteiger partial charge is 0.224 e. The van der Waals surface area contributed by atoms with E-state index in [1.165, 1.54) is 12.8 Å². The second-order valence-corrected chi connectivity index (χ2v) is 6.46. The zero-order chi connectivity index (χ0) is 12.8. The van der Waals surface area contributed by atoms with Crippen LogP contribution in [0.2, 0.25) is 0 Å². The van der Waals surface area contributed by atoms with Gasteiger partial charge in [0.25, 0.3) is 0 Å². The number of thioether (sulfide) groups is 1. The van der Waals surface area contributed by atoms with Crippen molar-refractivity contribution in [2.75, 3.05) is 12.8 Å². The Kier molecular flexibility index (Phi) is 6.34. The van der Waals surface area contributed by atoms with Crippen LogP contribution in [0.1, 0.15) is 39.5 Å². The molecule has 0 bridgehead atoms. The quantitative estimate of drug-likeness (QED) is 0.766. The van der Waals surface area contributed by atoms with Crippen LogP contribution in [0.3, 0.4) is 0 Å². The first-order chi connectivity index (χ1) is 8.08. The third-order valence-electron chi connectivity index (χ3n) is 3.49. The number of amides is 1. The summed E-state index contributed by atoms with van der Waals surface area (Å²) in [6.07, 6.45) is 6.59. The first kappa shape index (κ1) is 14.8. The van der Waals surface area contributed by atoms with Crippen molar-refractivity contribution in [3.8, 4) is 0 Å². The Morgan fingerprint density at radius 3 is 2.71 bits per heavy atom. The monoisotopic (exact) mass is 258 g/mol. The summed E-state index contributed by atoms with van der Waals surface area (Å²) in [6, 6.07) is 0.360. The fourth-order valence-electron chi connectivity index (χ4n) is 2.55. The van der Waals surface area contributed by atoms with Gasteiger partial charge in [-0.1, -0.05) is 20.3 Å². The molecule has 3 unspecified atom stereocenters. The van der Waals surface area contributed by atoms with E-state index >= 15 is 0 Å². The van der Waals surface area contributed by atoms with Gasteiger partial charge in [-0.3, -0.25) is 4.79 Å². The average molecular weight is 258 g/mol. The van der Waals surface area contributed by atoms with E-state index in [9.17, 15) is 4.79 Å². The summed E-state index contributed by atoms with van der Waals surface area (Å²) in [5.74, 6) is 0.666. The van der Waals surface area contributed by atoms with E-state index in [1.54, 1.807) is 0 Å². The van der Waals surface area contributed by atoms with Gasteiger partial charge in [-0.25, -0.2) is 0 Å². The summed E-state index contributed by atoms with van der Waals surface area (Å²) in [5.41, 5.74) is 5.70. The Bertz CT molecular complexity index is 246. The molecule has 3 N–H and O–H groups in total. The molecule has 0 aromatic rings. The van der Waals surface area contributed by atoms with Gasteiger partial charge in [0, 0.05) is 17.8 Å². The minimum absolute atomic E-state index is 0.0156. The molecule has 0 saturated heterocycles. The fourth-order valence-corrected chi connectivity index (χ4v) is 3.49. The van der Waals surface area contributed by atoms with E-state index < -0.39 is 0 Å². The van der Waals surface area contributed by atoms with Crippen LogP contribution in [-0.2, 0) is 4.79 Å². The molecular weight excluding hydrogens is 232 g/mol. The van der Waals surface area contributed by atoms with Gasteiger partial charge in [0.05, 0.1) is 5.92 Å². The standard InChI is InChI=1S/C13H26N2OS/c1-9(2)7-10(8-14)13(16)15-11-5-4-6-12(11)17-3/h9-12H,4-8,14H2,1-3H3,(H,15,16). The van der Waals surface area contributed by atoms with Crippen molar-refractivity contribution in [3.63, 3.8) is 0 Å². The number of nitrogens with two attached hydrogens (primary N) is 1. The Morgan fingerprint density at radius 2 is 2.18 bits per heavy atom. The number of hydrogen-bond donors (Lipinski definition) is 2. The normalized spacial score (nSPS) is 26.2. The van der Waals surface area contributed by atoms with E-state index in [0.717, 1.165) is 12.8 Å². The zero-order valence-corrected chi connectivity index (χ0v) is 12.1. The maximum Gasteiger partial charge on any atom is 0.224 e. The lowest BCUT2D eigenvalue weighted by molar-refractivity contribution is -0.125. The molecule has 0 aromatic carbocycles. The van der Waals surface area contributed by atoms with Crippen LogP contribution in [0.25, 0.3) is 0 Å². The number of hydrogen-bond acceptors (Lipinski definition) is 3. The van der Waals surface area contributed by atoms with E-state index in [4.69, 9.17) is 5.73 Å². The molecule has 3 atom stereocenters. The van der Waals surface area contributed by atoms with Crippen LogP contribution in [0.4, 0.5) is 0 Å². The van der Waals surface area contributed by atoms with Crippen LogP contribution in [0.5, 0.6) is 0 Å². The van der Waals surface area contributed by atoms with Crippen LogP contribution in [0.15, 0.2) is 0 Å². The number of carbonyl (C=O) groups is 1. The second-order valence-electron chi connectivity index (χ2n) is 5.38. The van der Waals surface area contributed by atoms with E-state index in [2.05, 4.69) is 25.4 Å². The summed E-state index contributed by atoms with van der Waals surface area (Å²) >= 11 is 1.87. The summed E-state index contributed by atoms with van der Waals surface area (Å²) < 4.78 is 0. The maximum atomic E-state index is 12.1. The van der Waals surface area contributed by atoms with Gasteiger partial charge >= 0.3 is 0 Å². The lowest BCUT2D eigenvalue weighted by Gasteiger charge is -2.23. The zero-order valence-electron chi connectivity index (χ0n) is 11.2. The highest BCUT2D eigenvalue weighted by Gasteiger charge is 2.29. The third-order valence-corrected chi connectivity index (χ3v) is 4.66. The highest BCUT2D eigenvalue weighted by molar-refractivity contribution is 7.99.